The second kappa shape index (κ2) is 6.11. The van der Waals surface area contributed by atoms with Crippen molar-refractivity contribution in [2.24, 2.45) is 0 Å². The van der Waals surface area contributed by atoms with Crippen LogP contribution in [0.1, 0.15) is 30.0 Å². The second-order valence-corrected chi connectivity index (χ2v) is 3.96. The van der Waals surface area contributed by atoms with Gasteiger partial charge in [0.2, 0.25) is 5.91 Å². The molecule has 0 aliphatic heterocycles. The fraction of sp³-hybridized carbons (Fsp3) is 0.357. The summed E-state index contributed by atoms with van der Waals surface area (Å²) in [4.78, 5) is 10.6. The average molecular weight is 217 g/mol. The molecule has 2 nitrogen and oxygen atoms in total. The first-order valence-corrected chi connectivity index (χ1v) is 5.58. The monoisotopic (exact) mass is 217 g/mol. The SMILES string of the molecule is CC(=O)NCCC=Cc1cccc(C)c1C. The van der Waals surface area contributed by atoms with Gasteiger partial charge >= 0.3 is 0 Å². The van der Waals surface area contributed by atoms with E-state index >= 15 is 0 Å². The Bertz CT molecular complexity index is 394. The molecule has 0 fully saturated rings. The first-order chi connectivity index (χ1) is 7.61. The minimum atomic E-state index is 0.0279. The van der Waals surface area contributed by atoms with Crippen molar-refractivity contribution in [2.45, 2.75) is 27.2 Å². The highest BCUT2D eigenvalue weighted by Gasteiger charge is 1.95. The highest BCUT2D eigenvalue weighted by molar-refractivity contribution is 5.72. The molecule has 0 heterocycles. The summed E-state index contributed by atoms with van der Waals surface area (Å²) in [6, 6.07) is 6.29. The van der Waals surface area contributed by atoms with E-state index in [0.29, 0.717) is 6.54 Å². The van der Waals surface area contributed by atoms with E-state index in [1.807, 2.05) is 0 Å². The molecule has 0 saturated carbocycles. The van der Waals surface area contributed by atoms with E-state index in [2.05, 4.69) is 49.5 Å². The third-order valence-corrected chi connectivity index (χ3v) is 2.63. The van der Waals surface area contributed by atoms with Crippen molar-refractivity contribution in [3.8, 4) is 0 Å². The van der Waals surface area contributed by atoms with Crippen LogP contribution in [-0.2, 0) is 4.79 Å². The van der Waals surface area contributed by atoms with E-state index in [0.717, 1.165) is 6.42 Å². The maximum Gasteiger partial charge on any atom is 0.216 e. The van der Waals surface area contributed by atoms with E-state index in [1.54, 1.807) is 0 Å². The van der Waals surface area contributed by atoms with Crippen LogP contribution in [0.25, 0.3) is 6.08 Å². The summed E-state index contributed by atoms with van der Waals surface area (Å²) in [6.45, 7) is 6.48. The van der Waals surface area contributed by atoms with Crippen molar-refractivity contribution in [1.82, 2.24) is 5.32 Å². The molecule has 1 aromatic rings. The van der Waals surface area contributed by atoms with Crippen molar-refractivity contribution < 1.29 is 4.79 Å². The fourth-order valence-electron chi connectivity index (χ4n) is 1.50. The molecule has 0 spiro atoms. The van der Waals surface area contributed by atoms with E-state index in [1.165, 1.54) is 23.6 Å². The quantitative estimate of drug-likeness (QED) is 0.772. The molecule has 2 heteroatoms. The van der Waals surface area contributed by atoms with Crippen molar-refractivity contribution in [3.63, 3.8) is 0 Å². The highest BCUT2D eigenvalue weighted by atomic mass is 16.1. The third kappa shape index (κ3) is 3.89. The lowest BCUT2D eigenvalue weighted by molar-refractivity contribution is -0.118. The first kappa shape index (κ1) is 12.5. The van der Waals surface area contributed by atoms with E-state index in [9.17, 15) is 4.79 Å². The number of nitrogens with one attached hydrogen (secondary N) is 1. The molecule has 0 radical (unpaired) electrons. The van der Waals surface area contributed by atoms with Crippen LogP contribution in [0.5, 0.6) is 0 Å². The largest absolute Gasteiger partial charge is 0.356 e. The van der Waals surface area contributed by atoms with Gasteiger partial charge in [-0.25, -0.2) is 0 Å². The van der Waals surface area contributed by atoms with Crippen LogP contribution in [0.4, 0.5) is 0 Å². The lowest BCUT2D eigenvalue weighted by atomic mass is 10.0. The lowest BCUT2D eigenvalue weighted by Crippen LogP contribution is -2.20. The number of carbonyl (C=O) groups is 1. The van der Waals surface area contributed by atoms with Crippen LogP contribution in [-0.4, -0.2) is 12.5 Å². The summed E-state index contributed by atoms with van der Waals surface area (Å²) < 4.78 is 0. The van der Waals surface area contributed by atoms with Crippen LogP contribution < -0.4 is 5.32 Å². The molecule has 0 aliphatic carbocycles. The number of rotatable bonds is 4. The zero-order valence-corrected chi connectivity index (χ0v) is 10.2. The van der Waals surface area contributed by atoms with Gasteiger partial charge in [0.1, 0.15) is 0 Å². The lowest BCUT2D eigenvalue weighted by Gasteiger charge is -2.03. The normalized spacial score (nSPS) is 10.7. The maximum atomic E-state index is 10.6. The summed E-state index contributed by atoms with van der Waals surface area (Å²) >= 11 is 0. The Labute approximate surface area is 97.4 Å². The van der Waals surface area contributed by atoms with Gasteiger partial charge in [-0.1, -0.05) is 30.4 Å². The number of carbonyl (C=O) groups excluding carboxylic acids is 1. The molecule has 1 rings (SSSR count). The summed E-state index contributed by atoms with van der Waals surface area (Å²) in [7, 11) is 0. The van der Waals surface area contributed by atoms with Gasteiger partial charge < -0.3 is 5.32 Å². The molecule has 0 atom stereocenters. The van der Waals surface area contributed by atoms with Gasteiger partial charge in [-0.05, 0) is 37.0 Å². The van der Waals surface area contributed by atoms with Crippen LogP contribution in [0.15, 0.2) is 24.3 Å². The molecule has 86 valence electrons. The standard InChI is InChI=1S/C14H19NO/c1-11-7-6-9-14(12(11)2)8-4-5-10-15-13(3)16/h4,6-9H,5,10H2,1-3H3,(H,15,16). The molecule has 0 bridgehead atoms. The maximum absolute atomic E-state index is 10.6. The number of hydrogen-bond acceptors (Lipinski definition) is 1. The highest BCUT2D eigenvalue weighted by Crippen LogP contribution is 2.14. The van der Waals surface area contributed by atoms with Gasteiger partial charge in [-0.3, -0.25) is 4.79 Å². The summed E-state index contributed by atoms with van der Waals surface area (Å²) in [5, 5.41) is 2.77. The fourth-order valence-corrected chi connectivity index (χ4v) is 1.50. The molecule has 1 N–H and O–H groups in total. The topological polar surface area (TPSA) is 29.1 Å². The van der Waals surface area contributed by atoms with E-state index in [4.69, 9.17) is 0 Å². The predicted molar refractivity (Wildman–Crippen MR) is 68.3 cm³/mol. The Morgan fingerprint density at radius 2 is 2.12 bits per heavy atom. The zero-order valence-electron chi connectivity index (χ0n) is 10.2. The van der Waals surface area contributed by atoms with Gasteiger partial charge in [-0.15, -0.1) is 0 Å². The van der Waals surface area contributed by atoms with Crippen molar-refractivity contribution >= 4 is 12.0 Å². The molecule has 16 heavy (non-hydrogen) atoms. The minimum absolute atomic E-state index is 0.0279. The Morgan fingerprint density at radius 1 is 1.38 bits per heavy atom. The molecule has 0 aromatic heterocycles. The Balaban J connectivity index is 2.50. The zero-order chi connectivity index (χ0) is 12.0. The van der Waals surface area contributed by atoms with E-state index in [-0.39, 0.29) is 5.91 Å². The molecular weight excluding hydrogens is 198 g/mol. The summed E-state index contributed by atoms with van der Waals surface area (Å²) in [6.07, 6.45) is 5.08. The average Bonchev–Trinajstić information content (AvgIpc) is 2.23. The Hall–Kier alpha value is -1.57. The smallest absolute Gasteiger partial charge is 0.216 e. The molecule has 1 amide bonds. The van der Waals surface area contributed by atoms with Crippen LogP contribution in [0.3, 0.4) is 0 Å². The summed E-state index contributed by atoms with van der Waals surface area (Å²) in [5.41, 5.74) is 3.88. The van der Waals surface area contributed by atoms with Gasteiger partial charge in [-0.2, -0.15) is 0 Å². The molecule has 1 aromatic carbocycles. The number of aryl methyl sites for hydroxylation is 1. The second-order valence-electron chi connectivity index (χ2n) is 3.96. The van der Waals surface area contributed by atoms with E-state index < -0.39 is 0 Å². The number of hydrogen-bond donors (Lipinski definition) is 1. The van der Waals surface area contributed by atoms with Gasteiger partial charge in [0.25, 0.3) is 0 Å². The molecular formula is C14H19NO. The Morgan fingerprint density at radius 3 is 2.81 bits per heavy atom. The molecule has 0 unspecified atom stereocenters. The van der Waals surface area contributed by atoms with Gasteiger partial charge in [0.15, 0.2) is 0 Å². The first-order valence-electron chi connectivity index (χ1n) is 5.58. The molecule has 0 aliphatic rings. The number of benzene rings is 1. The van der Waals surface area contributed by atoms with Gasteiger partial charge in [0.05, 0.1) is 0 Å². The van der Waals surface area contributed by atoms with Crippen LogP contribution in [0.2, 0.25) is 0 Å². The number of amides is 1. The minimum Gasteiger partial charge on any atom is -0.356 e. The van der Waals surface area contributed by atoms with Crippen LogP contribution >= 0.6 is 0 Å². The third-order valence-electron chi connectivity index (χ3n) is 2.63. The van der Waals surface area contributed by atoms with Crippen molar-refractivity contribution in [1.29, 1.82) is 0 Å². The van der Waals surface area contributed by atoms with Gasteiger partial charge in [0, 0.05) is 13.5 Å². The molecule has 0 saturated heterocycles. The van der Waals surface area contributed by atoms with Crippen molar-refractivity contribution in [2.75, 3.05) is 6.54 Å². The van der Waals surface area contributed by atoms with Crippen molar-refractivity contribution in [3.05, 3.63) is 41.0 Å². The van der Waals surface area contributed by atoms with Crippen LogP contribution in [0, 0.1) is 13.8 Å². The Kier molecular flexibility index (Phi) is 4.77. The summed E-state index contributed by atoms with van der Waals surface area (Å²) in [5.74, 6) is 0.0279. The predicted octanol–water partition coefficient (Wildman–Crippen LogP) is 2.84.